The molecule has 1 aliphatic heterocycles. The Kier molecular flexibility index (Phi) is 5.60. The van der Waals surface area contributed by atoms with Crippen LogP contribution in [0.3, 0.4) is 0 Å². The molecule has 2 aromatic carbocycles. The number of hydrogen-bond acceptors (Lipinski definition) is 7. The second-order valence-corrected chi connectivity index (χ2v) is 7.87. The van der Waals surface area contributed by atoms with Crippen molar-refractivity contribution in [3.05, 3.63) is 53.9 Å². The molecular formula is C22H29N7. The largest absolute Gasteiger partial charge is 0.368 e. The van der Waals surface area contributed by atoms with Crippen LogP contribution in [0.2, 0.25) is 0 Å². The van der Waals surface area contributed by atoms with E-state index in [9.17, 15) is 0 Å². The molecule has 0 saturated carbocycles. The summed E-state index contributed by atoms with van der Waals surface area (Å²) < 4.78 is 0. The van der Waals surface area contributed by atoms with E-state index in [4.69, 9.17) is 5.73 Å². The number of benzene rings is 2. The zero-order valence-corrected chi connectivity index (χ0v) is 17.4. The molecule has 0 spiro atoms. The number of piperazine rings is 1. The maximum absolute atomic E-state index is 5.90. The lowest BCUT2D eigenvalue weighted by Gasteiger charge is -2.37. The average Bonchev–Trinajstić information content (AvgIpc) is 2.73. The number of fused-ring (bicyclic) bond motifs is 1. The summed E-state index contributed by atoms with van der Waals surface area (Å²) in [6.45, 7) is 7.13. The molecule has 29 heavy (non-hydrogen) atoms. The van der Waals surface area contributed by atoms with Gasteiger partial charge in [-0.3, -0.25) is 9.80 Å². The minimum atomic E-state index is 0.110. The number of nitrogen functional groups attached to an aromatic ring is 1. The zero-order chi connectivity index (χ0) is 20.4. The van der Waals surface area contributed by atoms with Crippen LogP contribution in [0.15, 0.2) is 42.5 Å². The van der Waals surface area contributed by atoms with E-state index < -0.39 is 0 Å². The molecule has 1 aromatic heterocycles. The van der Waals surface area contributed by atoms with Gasteiger partial charge in [-0.05, 0) is 23.3 Å². The van der Waals surface area contributed by atoms with Gasteiger partial charge in [0.25, 0.3) is 0 Å². The summed E-state index contributed by atoms with van der Waals surface area (Å²) in [7, 11) is 3.82. The van der Waals surface area contributed by atoms with Crippen molar-refractivity contribution in [2.45, 2.75) is 19.5 Å². The lowest BCUT2D eigenvalue weighted by molar-refractivity contribution is 0.0950. The molecule has 1 atom stereocenters. The fourth-order valence-electron chi connectivity index (χ4n) is 3.93. The van der Waals surface area contributed by atoms with Gasteiger partial charge in [-0.15, -0.1) is 0 Å². The van der Waals surface area contributed by atoms with Gasteiger partial charge in [0, 0.05) is 46.8 Å². The van der Waals surface area contributed by atoms with E-state index >= 15 is 0 Å². The fourth-order valence-corrected chi connectivity index (χ4v) is 3.93. The highest BCUT2D eigenvalue weighted by Crippen LogP contribution is 2.23. The molecule has 152 valence electrons. The topological polar surface area (TPSA) is 74.4 Å². The summed E-state index contributed by atoms with van der Waals surface area (Å²) in [6, 6.07) is 15.3. The van der Waals surface area contributed by atoms with Crippen molar-refractivity contribution in [2.24, 2.45) is 0 Å². The Morgan fingerprint density at radius 3 is 2.45 bits per heavy atom. The third-order valence-corrected chi connectivity index (χ3v) is 5.66. The summed E-state index contributed by atoms with van der Waals surface area (Å²) in [5.74, 6) is 1.62. The van der Waals surface area contributed by atoms with Crippen LogP contribution in [-0.4, -0.2) is 65.0 Å². The van der Waals surface area contributed by atoms with Crippen molar-refractivity contribution in [1.29, 1.82) is 0 Å². The zero-order valence-electron chi connectivity index (χ0n) is 17.4. The SMILES string of the molecule is C[C@@H](c1nc(N)nc(N(C)C)n1)N1CCN(Cc2cccc3ccccc23)CC1. The van der Waals surface area contributed by atoms with Crippen LogP contribution >= 0.6 is 0 Å². The first-order valence-corrected chi connectivity index (χ1v) is 10.1. The Morgan fingerprint density at radius 1 is 0.966 bits per heavy atom. The molecule has 2 N–H and O–H groups in total. The second-order valence-electron chi connectivity index (χ2n) is 7.87. The monoisotopic (exact) mass is 391 g/mol. The summed E-state index contributed by atoms with van der Waals surface area (Å²) in [5.41, 5.74) is 7.30. The summed E-state index contributed by atoms with van der Waals surface area (Å²) in [5, 5.41) is 2.66. The van der Waals surface area contributed by atoms with Gasteiger partial charge in [-0.2, -0.15) is 15.0 Å². The van der Waals surface area contributed by atoms with Crippen molar-refractivity contribution >= 4 is 22.7 Å². The maximum atomic E-state index is 5.90. The summed E-state index contributed by atoms with van der Waals surface area (Å²) >= 11 is 0. The first-order valence-electron chi connectivity index (χ1n) is 10.1. The van der Waals surface area contributed by atoms with Crippen LogP contribution in [0.25, 0.3) is 10.8 Å². The van der Waals surface area contributed by atoms with Gasteiger partial charge in [0.05, 0.1) is 6.04 Å². The first-order chi connectivity index (χ1) is 14.0. The highest BCUT2D eigenvalue weighted by atomic mass is 15.3. The lowest BCUT2D eigenvalue weighted by Crippen LogP contribution is -2.47. The normalized spacial score (nSPS) is 16.8. The molecule has 7 heteroatoms. The predicted molar refractivity (Wildman–Crippen MR) is 118 cm³/mol. The average molecular weight is 392 g/mol. The quantitative estimate of drug-likeness (QED) is 0.716. The molecule has 2 heterocycles. The van der Waals surface area contributed by atoms with Gasteiger partial charge < -0.3 is 10.6 Å². The van der Waals surface area contributed by atoms with E-state index in [1.165, 1.54) is 16.3 Å². The van der Waals surface area contributed by atoms with Crippen LogP contribution in [0.5, 0.6) is 0 Å². The predicted octanol–water partition coefficient (Wildman–Crippen LogP) is 2.55. The molecule has 0 radical (unpaired) electrons. The van der Waals surface area contributed by atoms with Crippen molar-refractivity contribution in [3.63, 3.8) is 0 Å². The third kappa shape index (κ3) is 4.31. The molecule has 1 fully saturated rings. The van der Waals surface area contributed by atoms with Crippen LogP contribution in [0.4, 0.5) is 11.9 Å². The van der Waals surface area contributed by atoms with Crippen LogP contribution in [0, 0.1) is 0 Å². The summed E-state index contributed by atoms with van der Waals surface area (Å²) in [6.07, 6.45) is 0. The van der Waals surface area contributed by atoms with E-state index in [-0.39, 0.29) is 12.0 Å². The molecule has 0 unspecified atom stereocenters. The van der Waals surface area contributed by atoms with Gasteiger partial charge in [0.2, 0.25) is 11.9 Å². The van der Waals surface area contributed by atoms with E-state index in [2.05, 4.69) is 74.1 Å². The van der Waals surface area contributed by atoms with Crippen LogP contribution in [0.1, 0.15) is 24.4 Å². The molecule has 7 nitrogen and oxygen atoms in total. The van der Waals surface area contributed by atoms with Crippen molar-refractivity contribution in [2.75, 3.05) is 50.9 Å². The Bertz CT molecular complexity index is 975. The number of hydrogen-bond donors (Lipinski definition) is 1. The number of anilines is 2. The maximum Gasteiger partial charge on any atom is 0.229 e. The number of rotatable bonds is 5. The first kappa shape index (κ1) is 19.5. The molecule has 1 aliphatic rings. The Hall–Kier alpha value is -2.77. The lowest BCUT2D eigenvalue weighted by atomic mass is 10.0. The minimum Gasteiger partial charge on any atom is -0.368 e. The van der Waals surface area contributed by atoms with E-state index in [1.54, 1.807) is 0 Å². The van der Waals surface area contributed by atoms with Crippen LogP contribution in [-0.2, 0) is 6.54 Å². The van der Waals surface area contributed by atoms with Gasteiger partial charge in [-0.25, -0.2) is 0 Å². The standard InChI is InChI=1S/C22H29N7/c1-16(20-24-21(23)26-22(25-20)27(2)3)29-13-11-28(12-14-29)15-18-9-6-8-17-7-4-5-10-19(17)18/h4-10,16H,11-15H2,1-3H3,(H2,23,24,25,26)/t16-/m0/s1. The van der Waals surface area contributed by atoms with E-state index in [0.717, 1.165) is 38.5 Å². The summed E-state index contributed by atoms with van der Waals surface area (Å²) in [4.78, 5) is 20.0. The van der Waals surface area contributed by atoms with Crippen molar-refractivity contribution < 1.29 is 0 Å². The van der Waals surface area contributed by atoms with Gasteiger partial charge >= 0.3 is 0 Å². The molecule has 4 rings (SSSR count). The van der Waals surface area contributed by atoms with Gasteiger partial charge in [0.15, 0.2) is 5.82 Å². The molecule has 0 amide bonds. The highest BCUT2D eigenvalue weighted by Gasteiger charge is 2.25. The minimum absolute atomic E-state index is 0.110. The number of nitrogens with two attached hydrogens (primary N) is 1. The van der Waals surface area contributed by atoms with Gasteiger partial charge in [-0.1, -0.05) is 42.5 Å². The number of aromatic nitrogens is 3. The molecule has 3 aromatic rings. The highest BCUT2D eigenvalue weighted by molar-refractivity contribution is 5.85. The smallest absolute Gasteiger partial charge is 0.229 e. The van der Waals surface area contributed by atoms with Crippen LogP contribution < -0.4 is 10.6 Å². The molecule has 1 saturated heterocycles. The molecule has 0 bridgehead atoms. The Balaban J connectivity index is 1.42. The molecular weight excluding hydrogens is 362 g/mol. The van der Waals surface area contributed by atoms with E-state index in [0.29, 0.717) is 5.95 Å². The van der Waals surface area contributed by atoms with Crippen molar-refractivity contribution in [1.82, 2.24) is 24.8 Å². The fraction of sp³-hybridized carbons (Fsp3) is 0.409. The Labute approximate surface area is 172 Å². The number of nitrogens with zero attached hydrogens (tertiary/aromatic N) is 6. The molecule has 0 aliphatic carbocycles. The van der Waals surface area contributed by atoms with Crippen molar-refractivity contribution in [3.8, 4) is 0 Å². The second kappa shape index (κ2) is 8.31. The van der Waals surface area contributed by atoms with Gasteiger partial charge in [0.1, 0.15) is 0 Å². The third-order valence-electron chi connectivity index (χ3n) is 5.66. The Morgan fingerprint density at radius 2 is 1.69 bits per heavy atom. The van der Waals surface area contributed by atoms with E-state index in [1.807, 2.05) is 19.0 Å².